The van der Waals surface area contributed by atoms with Gasteiger partial charge in [-0.1, -0.05) is 22.0 Å². The number of hydrogen-bond acceptors (Lipinski definition) is 2. The molecular weight excluding hydrogens is 259 g/mol. The van der Waals surface area contributed by atoms with Gasteiger partial charge >= 0.3 is 0 Å². The van der Waals surface area contributed by atoms with Gasteiger partial charge in [-0.25, -0.2) is 4.98 Å². The first-order valence-electron chi connectivity index (χ1n) is 4.42. The molecule has 2 heterocycles. The van der Waals surface area contributed by atoms with Crippen molar-refractivity contribution in [1.29, 1.82) is 0 Å². The molecule has 0 saturated carbocycles. The van der Waals surface area contributed by atoms with Crippen LogP contribution in [0.25, 0.3) is 11.3 Å². The van der Waals surface area contributed by atoms with Crippen molar-refractivity contribution in [3.05, 3.63) is 48.2 Å². The van der Waals surface area contributed by atoms with E-state index in [-0.39, 0.29) is 0 Å². The number of nitrogens with zero attached hydrogens (tertiary/aromatic N) is 2. The highest BCUT2D eigenvalue weighted by Gasteiger charge is 2.00. The molecule has 0 unspecified atom stereocenters. The molecule has 0 aliphatic carbocycles. The Hall–Kier alpha value is -1.29. The van der Waals surface area contributed by atoms with Gasteiger partial charge in [-0.15, -0.1) is 0 Å². The van der Waals surface area contributed by atoms with Crippen LogP contribution in [0.3, 0.4) is 0 Å². The number of pyridine rings is 2. The van der Waals surface area contributed by atoms with Crippen LogP contribution in [-0.2, 0) is 5.33 Å². The summed E-state index contributed by atoms with van der Waals surface area (Å²) in [5.74, 6) is -0.476. The third kappa shape index (κ3) is 2.39. The number of alkyl halides is 1. The quantitative estimate of drug-likeness (QED) is 0.617. The van der Waals surface area contributed by atoms with Gasteiger partial charge in [0, 0.05) is 23.3 Å². The Kier molecular flexibility index (Phi) is 3.06. The molecule has 2 aromatic heterocycles. The van der Waals surface area contributed by atoms with Crippen LogP contribution in [0.2, 0.25) is 0 Å². The van der Waals surface area contributed by atoms with Gasteiger partial charge in [0.25, 0.3) is 0 Å². The van der Waals surface area contributed by atoms with E-state index >= 15 is 0 Å². The topological polar surface area (TPSA) is 25.8 Å². The van der Waals surface area contributed by atoms with Crippen molar-refractivity contribution in [3.63, 3.8) is 0 Å². The average Bonchev–Trinajstić information content (AvgIpc) is 2.30. The van der Waals surface area contributed by atoms with Crippen LogP contribution >= 0.6 is 15.9 Å². The van der Waals surface area contributed by atoms with Crippen molar-refractivity contribution < 1.29 is 4.39 Å². The fraction of sp³-hybridized carbons (Fsp3) is 0.0909. The summed E-state index contributed by atoms with van der Waals surface area (Å²) in [6.45, 7) is 0. The lowest BCUT2D eigenvalue weighted by Crippen LogP contribution is -1.87. The van der Waals surface area contributed by atoms with Crippen LogP contribution in [0.15, 0.2) is 36.7 Å². The Morgan fingerprint density at radius 3 is 2.47 bits per heavy atom. The van der Waals surface area contributed by atoms with Crippen LogP contribution in [0.5, 0.6) is 0 Å². The predicted molar refractivity (Wildman–Crippen MR) is 60.1 cm³/mol. The summed E-state index contributed by atoms with van der Waals surface area (Å²) < 4.78 is 12.6. The van der Waals surface area contributed by atoms with Crippen molar-refractivity contribution in [1.82, 2.24) is 9.97 Å². The van der Waals surface area contributed by atoms with Crippen LogP contribution in [-0.4, -0.2) is 9.97 Å². The average molecular weight is 267 g/mol. The van der Waals surface area contributed by atoms with Gasteiger partial charge in [0.1, 0.15) is 0 Å². The minimum Gasteiger partial charge on any atom is -0.256 e. The van der Waals surface area contributed by atoms with Gasteiger partial charge in [0.2, 0.25) is 5.95 Å². The molecule has 4 heteroatoms. The van der Waals surface area contributed by atoms with Gasteiger partial charge < -0.3 is 0 Å². The van der Waals surface area contributed by atoms with Gasteiger partial charge in [0.15, 0.2) is 0 Å². The molecule has 0 saturated heterocycles. The molecule has 0 bridgehead atoms. The first kappa shape index (κ1) is 10.2. The Morgan fingerprint density at radius 1 is 1.07 bits per heavy atom. The van der Waals surface area contributed by atoms with Crippen molar-refractivity contribution >= 4 is 15.9 Å². The number of hydrogen-bond donors (Lipinski definition) is 0. The standard InChI is InChI=1S/C11H8BrFN2/c12-5-8-1-3-10(14-6-8)9-2-4-11(13)15-7-9/h1-4,6-7H,5H2. The van der Waals surface area contributed by atoms with E-state index in [1.54, 1.807) is 12.3 Å². The highest BCUT2D eigenvalue weighted by atomic mass is 79.9. The normalized spacial score (nSPS) is 10.3. The molecule has 2 nitrogen and oxygen atoms in total. The van der Waals surface area contributed by atoms with E-state index in [0.29, 0.717) is 0 Å². The van der Waals surface area contributed by atoms with Crippen molar-refractivity contribution in [2.24, 2.45) is 0 Å². The van der Waals surface area contributed by atoms with Gasteiger partial charge in [-0.05, 0) is 23.8 Å². The van der Waals surface area contributed by atoms with Crippen molar-refractivity contribution in [3.8, 4) is 11.3 Å². The molecule has 0 aliphatic heterocycles. The highest BCUT2D eigenvalue weighted by Crippen LogP contribution is 2.16. The predicted octanol–water partition coefficient (Wildman–Crippen LogP) is 3.18. The molecule has 0 fully saturated rings. The molecule has 0 N–H and O–H groups in total. The molecule has 2 rings (SSSR count). The maximum Gasteiger partial charge on any atom is 0.212 e. The van der Waals surface area contributed by atoms with E-state index in [4.69, 9.17) is 0 Å². The molecule has 0 amide bonds. The summed E-state index contributed by atoms with van der Waals surface area (Å²) in [4.78, 5) is 7.84. The lowest BCUT2D eigenvalue weighted by molar-refractivity contribution is 0.584. The van der Waals surface area contributed by atoms with Crippen LogP contribution in [0.1, 0.15) is 5.56 Å². The van der Waals surface area contributed by atoms with Crippen molar-refractivity contribution in [2.75, 3.05) is 0 Å². The lowest BCUT2D eigenvalue weighted by Gasteiger charge is -2.00. The summed E-state index contributed by atoms with van der Waals surface area (Å²) in [5, 5.41) is 0.780. The summed E-state index contributed by atoms with van der Waals surface area (Å²) in [6, 6.07) is 6.86. The molecular formula is C11H8BrFN2. The summed E-state index contributed by atoms with van der Waals surface area (Å²) in [7, 11) is 0. The van der Waals surface area contributed by atoms with E-state index in [1.165, 1.54) is 12.3 Å². The first-order chi connectivity index (χ1) is 7.29. The summed E-state index contributed by atoms with van der Waals surface area (Å²) >= 11 is 3.35. The number of rotatable bonds is 2. The molecule has 0 aromatic carbocycles. The minimum atomic E-state index is -0.476. The first-order valence-corrected chi connectivity index (χ1v) is 5.54. The fourth-order valence-electron chi connectivity index (χ4n) is 1.20. The zero-order chi connectivity index (χ0) is 10.7. The molecule has 76 valence electrons. The minimum absolute atomic E-state index is 0.476. The maximum absolute atomic E-state index is 12.6. The second kappa shape index (κ2) is 4.49. The van der Waals surface area contributed by atoms with E-state index in [0.717, 1.165) is 22.2 Å². The smallest absolute Gasteiger partial charge is 0.212 e. The van der Waals surface area contributed by atoms with Crippen molar-refractivity contribution in [2.45, 2.75) is 5.33 Å². The number of halogens is 2. The van der Waals surface area contributed by atoms with E-state index < -0.39 is 5.95 Å². The molecule has 0 spiro atoms. The van der Waals surface area contributed by atoms with Crippen LogP contribution in [0, 0.1) is 5.95 Å². The Bertz CT molecular complexity index is 439. The Balaban J connectivity index is 2.33. The Labute approximate surface area is 95.3 Å². The monoisotopic (exact) mass is 266 g/mol. The third-order valence-electron chi connectivity index (χ3n) is 2.00. The molecule has 0 aliphatic rings. The second-order valence-electron chi connectivity index (χ2n) is 3.05. The molecule has 0 radical (unpaired) electrons. The number of aromatic nitrogens is 2. The van der Waals surface area contributed by atoms with E-state index in [2.05, 4.69) is 25.9 Å². The van der Waals surface area contributed by atoms with E-state index in [1.807, 2.05) is 12.1 Å². The lowest BCUT2D eigenvalue weighted by atomic mass is 10.2. The van der Waals surface area contributed by atoms with Crippen LogP contribution < -0.4 is 0 Å². The fourth-order valence-corrected chi connectivity index (χ4v) is 1.53. The van der Waals surface area contributed by atoms with Gasteiger partial charge in [-0.3, -0.25) is 4.98 Å². The zero-order valence-corrected chi connectivity index (χ0v) is 9.41. The molecule has 15 heavy (non-hydrogen) atoms. The van der Waals surface area contributed by atoms with Crippen LogP contribution in [0.4, 0.5) is 4.39 Å². The Morgan fingerprint density at radius 2 is 1.93 bits per heavy atom. The summed E-state index contributed by atoms with van der Waals surface area (Å²) in [5.41, 5.74) is 2.72. The summed E-state index contributed by atoms with van der Waals surface area (Å²) in [6.07, 6.45) is 3.26. The molecule has 0 atom stereocenters. The van der Waals surface area contributed by atoms with Gasteiger partial charge in [0.05, 0.1) is 5.69 Å². The van der Waals surface area contributed by atoms with E-state index in [9.17, 15) is 4.39 Å². The molecule has 2 aromatic rings. The van der Waals surface area contributed by atoms with Gasteiger partial charge in [-0.2, -0.15) is 4.39 Å². The zero-order valence-electron chi connectivity index (χ0n) is 7.82. The maximum atomic E-state index is 12.6. The second-order valence-corrected chi connectivity index (χ2v) is 3.62. The SMILES string of the molecule is Fc1ccc(-c2ccc(CBr)cn2)cn1. The largest absolute Gasteiger partial charge is 0.256 e. The highest BCUT2D eigenvalue weighted by molar-refractivity contribution is 9.08. The third-order valence-corrected chi connectivity index (χ3v) is 2.65.